The number of ketones is 1. The number of nitrogens with zero attached hydrogens (tertiary/aromatic N) is 1. The number of aryl methyl sites for hydroxylation is 1. The lowest BCUT2D eigenvalue weighted by molar-refractivity contribution is -0.153. The third kappa shape index (κ3) is 3.49. The number of carbonyl (C=O) groups excluding carboxylic acids is 2. The van der Waals surface area contributed by atoms with Gasteiger partial charge in [-0.3, -0.25) is 4.79 Å². The molecule has 0 spiro atoms. The van der Waals surface area contributed by atoms with Crippen molar-refractivity contribution in [3.05, 3.63) is 59.9 Å². The van der Waals surface area contributed by atoms with Crippen LogP contribution in [-0.4, -0.2) is 35.6 Å². The highest BCUT2D eigenvalue weighted by atomic mass is 16.6. The van der Waals surface area contributed by atoms with Gasteiger partial charge in [0, 0.05) is 23.5 Å². The molecule has 1 unspecified atom stereocenters. The smallest absolute Gasteiger partial charge is 0.351 e. The predicted molar refractivity (Wildman–Crippen MR) is 95.7 cm³/mol. The van der Waals surface area contributed by atoms with Crippen LogP contribution in [0.5, 0.6) is 11.5 Å². The molecule has 0 N–H and O–H groups in total. The van der Waals surface area contributed by atoms with Crippen molar-refractivity contribution in [2.75, 3.05) is 13.2 Å². The van der Waals surface area contributed by atoms with Gasteiger partial charge in [-0.25, -0.2) is 4.79 Å². The van der Waals surface area contributed by atoms with Crippen molar-refractivity contribution >= 4 is 11.8 Å². The van der Waals surface area contributed by atoms with E-state index in [1.165, 1.54) is 0 Å². The summed E-state index contributed by atoms with van der Waals surface area (Å²) in [5.41, 5.74) is 2.33. The van der Waals surface area contributed by atoms with Crippen molar-refractivity contribution < 1.29 is 23.8 Å². The highest BCUT2D eigenvalue weighted by Gasteiger charge is 2.29. The minimum absolute atomic E-state index is 0.0535. The minimum atomic E-state index is -0.883. The lowest BCUT2D eigenvalue weighted by Gasteiger charge is -2.24. The van der Waals surface area contributed by atoms with Gasteiger partial charge >= 0.3 is 5.97 Å². The summed E-state index contributed by atoms with van der Waals surface area (Å²) >= 11 is 0. The van der Waals surface area contributed by atoms with E-state index < -0.39 is 12.1 Å². The molecule has 1 atom stereocenters. The third-order valence-electron chi connectivity index (χ3n) is 4.30. The van der Waals surface area contributed by atoms with E-state index in [-0.39, 0.29) is 19.0 Å². The lowest BCUT2D eigenvalue weighted by atomic mass is 10.1. The fourth-order valence-corrected chi connectivity index (χ4v) is 2.94. The molecule has 0 radical (unpaired) electrons. The van der Waals surface area contributed by atoms with Crippen LogP contribution >= 0.6 is 0 Å². The molecule has 136 valence electrons. The van der Waals surface area contributed by atoms with Crippen molar-refractivity contribution in [2.45, 2.75) is 26.5 Å². The van der Waals surface area contributed by atoms with Crippen LogP contribution in [0.4, 0.5) is 0 Å². The van der Waals surface area contributed by atoms with E-state index in [1.54, 1.807) is 30.3 Å². The average Bonchev–Trinajstić information content (AvgIpc) is 2.94. The van der Waals surface area contributed by atoms with Crippen LogP contribution < -0.4 is 9.47 Å². The van der Waals surface area contributed by atoms with Gasteiger partial charge in [0.15, 0.2) is 18.1 Å². The molecule has 0 fully saturated rings. The van der Waals surface area contributed by atoms with Gasteiger partial charge < -0.3 is 18.8 Å². The number of ether oxygens (including phenoxy) is 3. The van der Waals surface area contributed by atoms with E-state index in [0.717, 1.165) is 11.4 Å². The zero-order valence-electron chi connectivity index (χ0n) is 14.9. The maximum atomic E-state index is 12.4. The molecule has 1 aromatic carbocycles. The monoisotopic (exact) mass is 355 g/mol. The highest BCUT2D eigenvalue weighted by Crippen LogP contribution is 2.31. The van der Waals surface area contributed by atoms with Crippen molar-refractivity contribution in [1.29, 1.82) is 0 Å². The molecule has 0 aliphatic carbocycles. The summed E-state index contributed by atoms with van der Waals surface area (Å²) in [6.45, 7) is 7.84. The summed E-state index contributed by atoms with van der Waals surface area (Å²) in [6, 6.07) is 8.89. The first-order valence-corrected chi connectivity index (χ1v) is 8.37. The molecule has 6 heteroatoms. The second kappa shape index (κ2) is 7.47. The number of fused-ring (bicyclic) bond motifs is 1. The molecule has 1 aliphatic heterocycles. The second-order valence-electron chi connectivity index (χ2n) is 6.08. The van der Waals surface area contributed by atoms with Gasteiger partial charge in [-0.05, 0) is 32.0 Å². The Balaban J connectivity index is 1.61. The van der Waals surface area contributed by atoms with E-state index in [0.29, 0.717) is 23.6 Å². The number of hydrogen-bond donors (Lipinski definition) is 0. The zero-order valence-corrected chi connectivity index (χ0v) is 14.9. The van der Waals surface area contributed by atoms with E-state index in [2.05, 4.69) is 6.58 Å². The summed E-state index contributed by atoms with van der Waals surface area (Å²) in [5, 5.41) is 0. The summed E-state index contributed by atoms with van der Waals surface area (Å²) in [5.74, 6) is 0.203. The lowest BCUT2D eigenvalue weighted by Crippen LogP contribution is -2.38. The van der Waals surface area contributed by atoms with Crippen LogP contribution in [0, 0.1) is 13.8 Å². The number of aromatic nitrogens is 1. The van der Waals surface area contributed by atoms with Crippen molar-refractivity contribution in [1.82, 2.24) is 4.57 Å². The average molecular weight is 355 g/mol. The zero-order chi connectivity index (χ0) is 18.7. The van der Waals surface area contributed by atoms with Gasteiger partial charge in [0.1, 0.15) is 6.61 Å². The van der Waals surface area contributed by atoms with E-state index in [4.69, 9.17) is 14.2 Å². The van der Waals surface area contributed by atoms with Gasteiger partial charge in [-0.1, -0.05) is 18.2 Å². The topological polar surface area (TPSA) is 66.8 Å². The fraction of sp³-hybridized carbons (Fsp3) is 0.300. The second-order valence-corrected chi connectivity index (χ2v) is 6.08. The molecular weight excluding hydrogens is 334 g/mol. The molecule has 2 aromatic rings. The summed E-state index contributed by atoms with van der Waals surface area (Å²) < 4.78 is 18.2. The van der Waals surface area contributed by atoms with Crippen LogP contribution in [0.3, 0.4) is 0 Å². The standard InChI is InChI=1S/C20H21NO5/c1-4-9-21-13(2)10-15(14(21)3)16(22)11-25-20(23)19-12-24-17-7-5-6-8-18(17)26-19/h4-8,10,19H,1,9,11-12H2,2-3H3. The summed E-state index contributed by atoms with van der Waals surface area (Å²) in [6.07, 6.45) is 0.887. The molecule has 0 saturated heterocycles. The van der Waals surface area contributed by atoms with Crippen molar-refractivity contribution in [3.63, 3.8) is 0 Å². The Kier molecular flexibility index (Phi) is 5.11. The molecule has 1 aliphatic rings. The number of Topliss-reactive ketones (excluding diaryl/α,β-unsaturated/α-hetero) is 1. The van der Waals surface area contributed by atoms with E-state index in [1.807, 2.05) is 24.5 Å². The van der Waals surface area contributed by atoms with Crippen LogP contribution in [0.25, 0.3) is 0 Å². The molecular formula is C20H21NO5. The van der Waals surface area contributed by atoms with Gasteiger partial charge in [-0.2, -0.15) is 0 Å². The Labute approximate surface area is 152 Å². The fourth-order valence-electron chi connectivity index (χ4n) is 2.94. The van der Waals surface area contributed by atoms with Gasteiger partial charge in [-0.15, -0.1) is 6.58 Å². The molecule has 6 nitrogen and oxygen atoms in total. The molecule has 3 rings (SSSR count). The molecule has 0 saturated carbocycles. The first kappa shape index (κ1) is 17.8. The quantitative estimate of drug-likeness (QED) is 0.453. The van der Waals surface area contributed by atoms with Crippen molar-refractivity contribution in [2.24, 2.45) is 0 Å². The molecule has 2 heterocycles. The molecule has 1 aromatic heterocycles. The normalized spacial score (nSPS) is 15.4. The van der Waals surface area contributed by atoms with Gasteiger partial charge in [0.05, 0.1) is 0 Å². The van der Waals surface area contributed by atoms with Crippen LogP contribution in [0.1, 0.15) is 21.7 Å². The van der Waals surface area contributed by atoms with E-state index in [9.17, 15) is 9.59 Å². The van der Waals surface area contributed by atoms with Crippen LogP contribution in [0.15, 0.2) is 43.0 Å². The van der Waals surface area contributed by atoms with Gasteiger partial charge in [0.25, 0.3) is 0 Å². The van der Waals surface area contributed by atoms with Gasteiger partial charge in [0.2, 0.25) is 11.9 Å². The highest BCUT2D eigenvalue weighted by molar-refractivity contribution is 5.99. The Morgan fingerprint density at radius 3 is 2.77 bits per heavy atom. The number of esters is 1. The number of rotatable bonds is 6. The Morgan fingerprint density at radius 2 is 2.04 bits per heavy atom. The first-order valence-electron chi connectivity index (χ1n) is 8.37. The summed E-state index contributed by atoms with van der Waals surface area (Å²) in [4.78, 5) is 24.6. The maximum absolute atomic E-state index is 12.4. The predicted octanol–water partition coefficient (Wildman–Crippen LogP) is 2.86. The molecule has 0 bridgehead atoms. The summed E-state index contributed by atoms with van der Waals surface area (Å²) in [7, 11) is 0. The third-order valence-corrected chi connectivity index (χ3v) is 4.30. The number of hydrogen-bond acceptors (Lipinski definition) is 5. The number of carbonyl (C=O) groups is 2. The SMILES string of the molecule is C=CCn1c(C)cc(C(=O)COC(=O)C2COc3ccccc3O2)c1C. The number of benzene rings is 1. The minimum Gasteiger partial charge on any atom is -0.485 e. The van der Waals surface area contributed by atoms with Crippen molar-refractivity contribution in [3.8, 4) is 11.5 Å². The number of allylic oxidation sites excluding steroid dienone is 1. The maximum Gasteiger partial charge on any atom is 0.351 e. The largest absolute Gasteiger partial charge is 0.485 e. The Hall–Kier alpha value is -3.02. The van der Waals surface area contributed by atoms with Crippen LogP contribution in [-0.2, 0) is 16.1 Å². The Morgan fingerprint density at radius 1 is 1.31 bits per heavy atom. The van der Waals surface area contributed by atoms with Crippen LogP contribution in [0.2, 0.25) is 0 Å². The Bertz CT molecular complexity index is 852. The van der Waals surface area contributed by atoms with E-state index >= 15 is 0 Å². The molecule has 26 heavy (non-hydrogen) atoms. The molecule has 0 amide bonds. The first-order chi connectivity index (χ1) is 12.5. The number of para-hydroxylation sites is 2.